The maximum atomic E-state index is 12.5. The fourth-order valence-corrected chi connectivity index (χ4v) is 5.03. The molecular formula is C22H20BrClN2O4S2. The third-order valence-electron chi connectivity index (χ3n) is 4.54. The highest BCUT2D eigenvalue weighted by Gasteiger charge is 2.30. The number of amides is 2. The minimum Gasteiger partial charge on any atom is -0.493 e. The minimum absolute atomic E-state index is 0.120. The van der Waals surface area contributed by atoms with Crippen LogP contribution in [0.3, 0.4) is 0 Å². The molecule has 2 amide bonds. The number of hydrogen-bond acceptors (Lipinski definition) is 6. The fraction of sp³-hybridized carbons (Fsp3) is 0.227. The lowest BCUT2D eigenvalue weighted by Gasteiger charge is -2.14. The molecule has 1 saturated heterocycles. The summed E-state index contributed by atoms with van der Waals surface area (Å²) in [4.78, 5) is 26.9. The zero-order valence-electron chi connectivity index (χ0n) is 17.5. The van der Waals surface area contributed by atoms with E-state index in [-0.39, 0.29) is 18.4 Å². The van der Waals surface area contributed by atoms with Crippen molar-refractivity contribution in [3.63, 3.8) is 0 Å². The second-order valence-electron chi connectivity index (χ2n) is 6.76. The van der Waals surface area contributed by atoms with E-state index < -0.39 is 0 Å². The molecule has 1 N–H and O–H groups in total. The summed E-state index contributed by atoms with van der Waals surface area (Å²) in [5.41, 5.74) is 2.24. The van der Waals surface area contributed by atoms with Crippen LogP contribution in [0.4, 0.5) is 5.69 Å². The molecule has 10 heteroatoms. The molecule has 0 saturated carbocycles. The van der Waals surface area contributed by atoms with Gasteiger partial charge in [0.25, 0.3) is 11.8 Å². The van der Waals surface area contributed by atoms with Crippen molar-refractivity contribution in [1.29, 1.82) is 0 Å². The number of rotatable bonds is 7. The predicted octanol–water partition coefficient (Wildman–Crippen LogP) is 5.66. The van der Waals surface area contributed by atoms with Crippen LogP contribution in [0.25, 0.3) is 6.08 Å². The molecule has 3 rings (SSSR count). The molecule has 2 aromatic rings. The second kappa shape index (κ2) is 10.7. The first kappa shape index (κ1) is 24.6. The highest BCUT2D eigenvalue weighted by atomic mass is 79.9. The number of halogens is 2. The van der Waals surface area contributed by atoms with Crippen LogP contribution in [-0.4, -0.2) is 41.3 Å². The van der Waals surface area contributed by atoms with Gasteiger partial charge in [0.1, 0.15) is 4.32 Å². The average molecular weight is 556 g/mol. The summed E-state index contributed by atoms with van der Waals surface area (Å²) in [6.45, 7) is 4.06. The van der Waals surface area contributed by atoms with Crippen LogP contribution in [0.15, 0.2) is 39.7 Å². The van der Waals surface area contributed by atoms with E-state index in [1.807, 2.05) is 19.9 Å². The Morgan fingerprint density at radius 2 is 2.09 bits per heavy atom. The molecule has 2 aromatic carbocycles. The third-order valence-corrected chi connectivity index (χ3v) is 6.92. The quantitative estimate of drug-likeness (QED) is 0.351. The fourth-order valence-electron chi connectivity index (χ4n) is 2.89. The lowest BCUT2D eigenvalue weighted by atomic mass is 10.2. The van der Waals surface area contributed by atoms with Gasteiger partial charge >= 0.3 is 0 Å². The highest BCUT2D eigenvalue weighted by Crippen LogP contribution is 2.39. The standard InChI is InChI=1S/C22H20BrClN2O4S2/c1-4-26-21(28)18(32-22(26)31)9-13-7-15(23)20(17(8-13)29-3)30-11-19(27)25-14-6-5-12(2)16(24)10-14/h5-10H,4,11H2,1-3H3,(H,25,27)/b18-9-. The van der Waals surface area contributed by atoms with Gasteiger partial charge in [0.05, 0.1) is 16.5 Å². The maximum Gasteiger partial charge on any atom is 0.266 e. The van der Waals surface area contributed by atoms with Crippen molar-refractivity contribution in [1.82, 2.24) is 4.90 Å². The molecule has 0 aliphatic carbocycles. The Bertz CT molecular complexity index is 1120. The number of ether oxygens (including phenoxy) is 2. The zero-order valence-corrected chi connectivity index (χ0v) is 21.5. The van der Waals surface area contributed by atoms with E-state index in [2.05, 4.69) is 21.2 Å². The van der Waals surface area contributed by atoms with Crippen LogP contribution in [0.5, 0.6) is 11.5 Å². The number of nitrogens with zero attached hydrogens (tertiary/aromatic N) is 1. The van der Waals surface area contributed by atoms with Gasteiger partial charge in [0.15, 0.2) is 18.1 Å². The molecule has 0 aromatic heterocycles. The smallest absolute Gasteiger partial charge is 0.266 e. The summed E-state index contributed by atoms with van der Waals surface area (Å²) < 4.78 is 12.3. The van der Waals surface area contributed by atoms with Gasteiger partial charge in [-0.25, -0.2) is 0 Å². The van der Waals surface area contributed by atoms with Crippen LogP contribution in [0.1, 0.15) is 18.1 Å². The Labute approximate surface area is 209 Å². The Morgan fingerprint density at radius 3 is 2.72 bits per heavy atom. The van der Waals surface area contributed by atoms with Crippen molar-refractivity contribution in [2.75, 3.05) is 25.6 Å². The molecule has 1 aliphatic heterocycles. The number of likely N-dealkylation sites (N-methyl/N-ethyl adjacent to an activating group) is 1. The summed E-state index contributed by atoms with van der Waals surface area (Å²) >= 11 is 16.1. The van der Waals surface area contributed by atoms with Gasteiger partial charge in [-0.15, -0.1) is 0 Å². The molecule has 0 bridgehead atoms. The second-order valence-corrected chi connectivity index (χ2v) is 9.70. The SMILES string of the molecule is CCN1C(=O)/C(=C/c2cc(Br)c(OCC(=O)Nc3ccc(C)c(Cl)c3)c(OC)c2)SC1=S. The first-order valence-corrected chi connectivity index (χ1v) is 11.9. The molecule has 0 radical (unpaired) electrons. The van der Waals surface area contributed by atoms with Gasteiger partial charge < -0.3 is 14.8 Å². The number of benzene rings is 2. The number of methoxy groups -OCH3 is 1. The Hall–Kier alpha value is -2.07. The molecule has 0 atom stereocenters. The summed E-state index contributed by atoms with van der Waals surface area (Å²) in [5.74, 6) is 0.336. The number of nitrogens with one attached hydrogen (secondary N) is 1. The van der Waals surface area contributed by atoms with Crippen LogP contribution < -0.4 is 14.8 Å². The lowest BCUT2D eigenvalue weighted by molar-refractivity contribution is -0.122. The molecule has 1 aliphatic rings. The van der Waals surface area contributed by atoms with Crippen molar-refractivity contribution in [3.8, 4) is 11.5 Å². The van der Waals surface area contributed by atoms with E-state index in [1.165, 1.54) is 18.9 Å². The number of anilines is 1. The number of carbonyl (C=O) groups excluding carboxylic acids is 2. The first-order valence-electron chi connectivity index (χ1n) is 9.55. The van der Waals surface area contributed by atoms with Gasteiger partial charge in [0, 0.05) is 17.3 Å². The molecule has 1 heterocycles. The number of aryl methyl sites for hydroxylation is 1. The van der Waals surface area contributed by atoms with E-state index >= 15 is 0 Å². The zero-order chi connectivity index (χ0) is 23.4. The van der Waals surface area contributed by atoms with Crippen molar-refractivity contribution in [2.24, 2.45) is 0 Å². The van der Waals surface area contributed by atoms with E-state index in [4.69, 9.17) is 33.3 Å². The summed E-state index contributed by atoms with van der Waals surface area (Å²) in [6, 6.07) is 8.79. The first-order chi connectivity index (χ1) is 15.2. The normalized spacial score (nSPS) is 14.8. The van der Waals surface area contributed by atoms with Crippen molar-refractivity contribution >= 4 is 79.4 Å². The van der Waals surface area contributed by atoms with Crippen LogP contribution in [-0.2, 0) is 9.59 Å². The van der Waals surface area contributed by atoms with E-state index in [1.54, 1.807) is 35.2 Å². The van der Waals surface area contributed by atoms with Gasteiger partial charge in [0.2, 0.25) is 0 Å². The van der Waals surface area contributed by atoms with Crippen LogP contribution >= 0.6 is 51.5 Å². The molecule has 6 nitrogen and oxygen atoms in total. The molecule has 168 valence electrons. The Balaban J connectivity index is 1.73. The van der Waals surface area contributed by atoms with E-state index in [9.17, 15) is 9.59 Å². The van der Waals surface area contributed by atoms with Gasteiger partial charge in [-0.05, 0) is 71.2 Å². The van der Waals surface area contributed by atoms with Gasteiger partial charge in [-0.3, -0.25) is 14.5 Å². The molecule has 0 unspecified atom stereocenters. The van der Waals surface area contributed by atoms with Gasteiger partial charge in [-0.2, -0.15) is 0 Å². The van der Waals surface area contributed by atoms with Crippen LogP contribution in [0, 0.1) is 6.92 Å². The number of carbonyl (C=O) groups is 2. The summed E-state index contributed by atoms with van der Waals surface area (Å²) in [5, 5.41) is 3.31. The Kier molecular flexibility index (Phi) is 8.21. The van der Waals surface area contributed by atoms with Gasteiger partial charge in [-0.1, -0.05) is 41.6 Å². The largest absolute Gasteiger partial charge is 0.493 e. The summed E-state index contributed by atoms with van der Waals surface area (Å²) in [7, 11) is 1.50. The van der Waals surface area contributed by atoms with Crippen molar-refractivity contribution < 1.29 is 19.1 Å². The average Bonchev–Trinajstić information content (AvgIpc) is 3.01. The van der Waals surface area contributed by atoms with E-state index in [0.29, 0.717) is 42.5 Å². The molecule has 0 spiro atoms. The maximum absolute atomic E-state index is 12.5. The molecular weight excluding hydrogens is 536 g/mol. The number of thiocarbonyl (C=S) groups is 1. The van der Waals surface area contributed by atoms with Crippen LogP contribution in [0.2, 0.25) is 5.02 Å². The van der Waals surface area contributed by atoms with Crippen molar-refractivity contribution in [3.05, 3.63) is 55.9 Å². The highest BCUT2D eigenvalue weighted by molar-refractivity contribution is 9.10. The van der Waals surface area contributed by atoms with Crippen molar-refractivity contribution in [2.45, 2.75) is 13.8 Å². The molecule has 32 heavy (non-hydrogen) atoms. The lowest BCUT2D eigenvalue weighted by Crippen LogP contribution is -2.27. The Morgan fingerprint density at radius 1 is 1.34 bits per heavy atom. The minimum atomic E-state index is -0.341. The monoisotopic (exact) mass is 554 g/mol. The molecule has 1 fully saturated rings. The predicted molar refractivity (Wildman–Crippen MR) is 137 cm³/mol. The summed E-state index contributed by atoms with van der Waals surface area (Å²) in [6.07, 6.45) is 1.75. The third kappa shape index (κ3) is 5.64. The van der Waals surface area contributed by atoms with E-state index in [0.717, 1.165) is 11.1 Å². The number of thioether (sulfide) groups is 1. The number of hydrogen-bond donors (Lipinski definition) is 1. The topological polar surface area (TPSA) is 67.9 Å².